The molecule has 0 saturated carbocycles. The summed E-state index contributed by atoms with van der Waals surface area (Å²) in [7, 11) is 4.12. The van der Waals surface area contributed by atoms with Crippen LogP contribution in [0, 0.1) is 0 Å². The molecule has 0 spiro atoms. The van der Waals surface area contributed by atoms with Gasteiger partial charge in [-0.25, -0.2) is 4.79 Å². The minimum Gasteiger partial charge on any atom is -0.444 e. The van der Waals surface area contributed by atoms with E-state index in [1.54, 1.807) is 4.90 Å². The molecule has 0 unspecified atom stereocenters. The molecule has 5 nitrogen and oxygen atoms in total. The van der Waals surface area contributed by atoms with Crippen LogP contribution in [0.5, 0.6) is 0 Å². The fourth-order valence-corrected chi connectivity index (χ4v) is 3.09. The van der Waals surface area contributed by atoms with E-state index < -0.39 is 5.60 Å². The van der Waals surface area contributed by atoms with E-state index in [2.05, 4.69) is 58.0 Å². The van der Waals surface area contributed by atoms with E-state index in [1.807, 2.05) is 20.8 Å². The van der Waals surface area contributed by atoms with Crippen LogP contribution in [0.15, 0.2) is 22.7 Å². The number of halogens is 1. The average molecular weight is 398 g/mol. The minimum absolute atomic E-state index is 0.209. The van der Waals surface area contributed by atoms with Gasteiger partial charge < -0.3 is 14.5 Å². The second-order valence-corrected chi connectivity index (χ2v) is 8.33. The monoisotopic (exact) mass is 397 g/mol. The molecule has 1 amide bonds. The fraction of sp³-hybridized carbons (Fsp3) is 0.611. The lowest BCUT2D eigenvalue weighted by Gasteiger charge is -2.36. The van der Waals surface area contributed by atoms with E-state index in [0.29, 0.717) is 13.1 Å². The number of rotatable bonds is 3. The third-order valence-electron chi connectivity index (χ3n) is 3.95. The normalized spacial score (nSPS) is 16.2. The number of hydrogen-bond acceptors (Lipinski definition) is 4. The smallest absolute Gasteiger partial charge is 0.410 e. The van der Waals surface area contributed by atoms with Crippen LogP contribution in [0.2, 0.25) is 0 Å². The molecule has 0 radical (unpaired) electrons. The standard InChI is InChI=1S/C18H28BrN3O2/c1-18(2,3)24-17(23)22-10-8-21(9-11-22)13-14-6-7-15(19)12-16(14)20(4)5/h6-7,12H,8-11,13H2,1-5H3. The molecule has 0 atom stereocenters. The van der Waals surface area contributed by atoms with E-state index in [-0.39, 0.29) is 6.09 Å². The van der Waals surface area contributed by atoms with Gasteiger partial charge in [0.05, 0.1) is 0 Å². The molecule has 24 heavy (non-hydrogen) atoms. The number of carbonyl (C=O) groups excluding carboxylic acids is 1. The highest BCUT2D eigenvalue weighted by Crippen LogP contribution is 2.25. The summed E-state index contributed by atoms with van der Waals surface area (Å²) in [5.74, 6) is 0. The van der Waals surface area contributed by atoms with Gasteiger partial charge in [0.1, 0.15) is 5.60 Å². The molecular formula is C18H28BrN3O2. The van der Waals surface area contributed by atoms with Crippen molar-refractivity contribution in [2.75, 3.05) is 45.2 Å². The van der Waals surface area contributed by atoms with Crippen molar-refractivity contribution in [3.05, 3.63) is 28.2 Å². The Bertz CT molecular complexity index is 576. The summed E-state index contributed by atoms with van der Waals surface area (Å²) in [6.45, 7) is 9.74. The van der Waals surface area contributed by atoms with Gasteiger partial charge in [-0.15, -0.1) is 0 Å². The van der Waals surface area contributed by atoms with Crippen LogP contribution in [-0.4, -0.2) is 61.8 Å². The van der Waals surface area contributed by atoms with Gasteiger partial charge in [-0.3, -0.25) is 4.90 Å². The zero-order chi connectivity index (χ0) is 17.9. The Kier molecular flexibility index (Phi) is 6.15. The van der Waals surface area contributed by atoms with Crippen LogP contribution in [-0.2, 0) is 11.3 Å². The molecule has 0 bridgehead atoms. The van der Waals surface area contributed by atoms with E-state index in [1.165, 1.54) is 11.3 Å². The summed E-state index contributed by atoms with van der Waals surface area (Å²) in [4.78, 5) is 18.5. The Morgan fingerprint density at radius 1 is 1.21 bits per heavy atom. The summed E-state index contributed by atoms with van der Waals surface area (Å²) in [6.07, 6.45) is -0.209. The molecule has 1 fully saturated rings. The van der Waals surface area contributed by atoms with E-state index in [4.69, 9.17) is 4.74 Å². The molecular weight excluding hydrogens is 370 g/mol. The van der Waals surface area contributed by atoms with Crippen LogP contribution >= 0.6 is 15.9 Å². The maximum absolute atomic E-state index is 12.1. The third-order valence-corrected chi connectivity index (χ3v) is 4.44. The molecule has 1 aromatic rings. The van der Waals surface area contributed by atoms with Crippen molar-refractivity contribution >= 4 is 27.7 Å². The van der Waals surface area contributed by atoms with Crippen molar-refractivity contribution in [2.45, 2.75) is 32.9 Å². The van der Waals surface area contributed by atoms with Gasteiger partial charge in [0, 0.05) is 57.0 Å². The summed E-state index contributed by atoms with van der Waals surface area (Å²) in [5.41, 5.74) is 2.08. The Hall–Kier alpha value is -1.27. The fourth-order valence-electron chi connectivity index (χ4n) is 2.74. The van der Waals surface area contributed by atoms with Crippen LogP contribution in [0.25, 0.3) is 0 Å². The molecule has 0 N–H and O–H groups in total. The highest BCUT2D eigenvalue weighted by Gasteiger charge is 2.26. The number of anilines is 1. The summed E-state index contributed by atoms with van der Waals surface area (Å²) in [6, 6.07) is 6.39. The quantitative estimate of drug-likeness (QED) is 0.780. The molecule has 1 heterocycles. The summed E-state index contributed by atoms with van der Waals surface area (Å²) >= 11 is 3.54. The van der Waals surface area contributed by atoms with Gasteiger partial charge >= 0.3 is 6.09 Å². The SMILES string of the molecule is CN(C)c1cc(Br)ccc1CN1CCN(C(=O)OC(C)(C)C)CC1. The van der Waals surface area contributed by atoms with Crippen LogP contribution in [0.3, 0.4) is 0 Å². The second kappa shape index (κ2) is 7.74. The molecule has 6 heteroatoms. The number of nitrogens with zero attached hydrogens (tertiary/aromatic N) is 3. The predicted octanol–water partition coefficient (Wildman–Crippen LogP) is 3.57. The van der Waals surface area contributed by atoms with Crippen LogP contribution in [0.1, 0.15) is 26.3 Å². The molecule has 1 saturated heterocycles. The number of amides is 1. The van der Waals surface area contributed by atoms with E-state index in [9.17, 15) is 4.79 Å². The Balaban J connectivity index is 1.93. The lowest BCUT2D eigenvalue weighted by atomic mass is 10.1. The molecule has 134 valence electrons. The number of benzene rings is 1. The Morgan fingerprint density at radius 2 is 1.83 bits per heavy atom. The first kappa shape index (κ1) is 19.1. The topological polar surface area (TPSA) is 36.0 Å². The summed E-state index contributed by atoms with van der Waals surface area (Å²) in [5, 5.41) is 0. The third kappa shape index (κ3) is 5.38. The molecule has 1 aromatic carbocycles. The first-order valence-electron chi connectivity index (χ1n) is 8.32. The van der Waals surface area contributed by atoms with Gasteiger partial charge in [0.15, 0.2) is 0 Å². The Labute approximate surface area is 153 Å². The van der Waals surface area contributed by atoms with Crippen molar-refractivity contribution in [3.8, 4) is 0 Å². The minimum atomic E-state index is -0.438. The van der Waals surface area contributed by atoms with E-state index >= 15 is 0 Å². The highest BCUT2D eigenvalue weighted by molar-refractivity contribution is 9.10. The molecule has 2 rings (SSSR count). The van der Waals surface area contributed by atoms with Gasteiger partial charge in [-0.2, -0.15) is 0 Å². The first-order valence-corrected chi connectivity index (χ1v) is 9.11. The largest absolute Gasteiger partial charge is 0.444 e. The van der Waals surface area contributed by atoms with Crippen molar-refractivity contribution in [1.29, 1.82) is 0 Å². The molecule has 0 aromatic heterocycles. The number of carbonyl (C=O) groups is 1. The molecule has 1 aliphatic heterocycles. The highest BCUT2D eigenvalue weighted by atomic mass is 79.9. The molecule has 0 aliphatic carbocycles. The number of piperazine rings is 1. The van der Waals surface area contributed by atoms with Crippen molar-refractivity contribution in [1.82, 2.24) is 9.80 Å². The van der Waals surface area contributed by atoms with Gasteiger partial charge in [-0.05, 0) is 38.5 Å². The first-order chi connectivity index (χ1) is 11.2. The van der Waals surface area contributed by atoms with Gasteiger partial charge in [0.2, 0.25) is 0 Å². The van der Waals surface area contributed by atoms with Crippen molar-refractivity contribution in [2.24, 2.45) is 0 Å². The molecule has 1 aliphatic rings. The summed E-state index contributed by atoms with van der Waals surface area (Å²) < 4.78 is 6.54. The second-order valence-electron chi connectivity index (χ2n) is 7.41. The maximum Gasteiger partial charge on any atom is 0.410 e. The Morgan fingerprint density at radius 3 is 2.38 bits per heavy atom. The van der Waals surface area contributed by atoms with Gasteiger partial charge in [0.25, 0.3) is 0 Å². The van der Waals surface area contributed by atoms with Crippen molar-refractivity contribution < 1.29 is 9.53 Å². The lowest BCUT2D eigenvalue weighted by Crippen LogP contribution is -2.49. The predicted molar refractivity (Wildman–Crippen MR) is 102 cm³/mol. The van der Waals surface area contributed by atoms with Crippen LogP contribution < -0.4 is 4.90 Å². The average Bonchev–Trinajstić information content (AvgIpc) is 2.48. The van der Waals surface area contributed by atoms with Gasteiger partial charge in [-0.1, -0.05) is 22.0 Å². The zero-order valence-corrected chi connectivity index (χ0v) is 16.9. The number of hydrogen-bond donors (Lipinski definition) is 0. The lowest BCUT2D eigenvalue weighted by molar-refractivity contribution is 0.0139. The zero-order valence-electron chi connectivity index (χ0n) is 15.3. The number of ether oxygens (including phenoxy) is 1. The van der Waals surface area contributed by atoms with E-state index in [0.717, 1.165) is 24.1 Å². The maximum atomic E-state index is 12.1. The van der Waals surface area contributed by atoms with Crippen molar-refractivity contribution in [3.63, 3.8) is 0 Å². The van der Waals surface area contributed by atoms with Crippen LogP contribution in [0.4, 0.5) is 10.5 Å².